The largest absolute Gasteiger partial charge is 0.497 e. The second-order valence-corrected chi connectivity index (χ2v) is 10.3. The van der Waals surface area contributed by atoms with Gasteiger partial charge in [-0.2, -0.15) is 0 Å². The fourth-order valence-corrected chi connectivity index (χ4v) is 6.31. The van der Waals surface area contributed by atoms with E-state index in [1.54, 1.807) is 7.11 Å². The maximum absolute atomic E-state index is 12.4. The summed E-state index contributed by atoms with van der Waals surface area (Å²) in [4.78, 5) is 6.16. The lowest BCUT2D eigenvalue weighted by Gasteiger charge is -2.56. The van der Waals surface area contributed by atoms with Gasteiger partial charge in [0.25, 0.3) is 0 Å². The van der Waals surface area contributed by atoms with Crippen molar-refractivity contribution in [1.29, 1.82) is 0 Å². The van der Waals surface area contributed by atoms with Crippen molar-refractivity contribution >= 4 is 22.5 Å². The van der Waals surface area contributed by atoms with Gasteiger partial charge >= 0.3 is 0 Å². The lowest BCUT2D eigenvalue weighted by molar-refractivity contribution is -0.103. The maximum atomic E-state index is 12.4. The number of aromatic nitrogens is 1. The van der Waals surface area contributed by atoms with Crippen LogP contribution in [0, 0.1) is 5.92 Å². The van der Waals surface area contributed by atoms with Crippen molar-refractivity contribution in [2.75, 3.05) is 26.7 Å². The third-order valence-corrected chi connectivity index (χ3v) is 8.21. The molecule has 0 spiro atoms. The number of halogens is 1. The van der Waals surface area contributed by atoms with Crippen LogP contribution in [0.15, 0.2) is 42.5 Å². The molecule has 162 valence electrons. The third-order valence-electron chi connectivity index (χ3n) is 7.97. The van der Waals surface area contributed by atoms with Crippen molar-refractivity contribution in [2.45, 2.75) is 43.1 Å². The molecule has 2 aliphatic carbocycles. The summed E-state index contributed by atoms with van der Waals surface area (Å²) in [6.45, 7) is 2.86. The Morgan fingerprint density at radius 3 is 2.87 bits per heavy atom. The first-order chi connectivity index (χ1) is 15.0. The average Bonchev–Trinajstić information content (AvgIpc) is 3.52. The van der Waals surface area contributed by atoms with E-state index in [1.807, 2.05) is 18.2 Å². The minimum Gasteiger partial charge on any atom is -0.497 e. The van der Waals surface area contributed by atoms with Gasteiger partial charge in [0.1, 0.15) is 5.75 Å². The number of ether oxygens (including phenoxy) is 1. The van der Waals surface area contributed by atoms with E-state index < -0.39 is 5.60 Å². The molecule has 31 heavy (non-hydrogen) atoms. The number of aromatic amines is 1. The molecule has 0 unspecified atom stereocenters. The molecule has 0 bridgehead atoms. The van der Waals surface area contributed by atoms with Gasteiger partial charge in [-0.25, -0.2) is 0 Å². The lowest BCUT2D eigenvalue weighted by Crippen LogP contribution is -2.66. The molecule has 3 aliphatic rings. The smallest absolute Gasteiger partial charge is 0.119 e. The molecule has 0 amide bonds. The van der Waals surface area contributed by atoms with Crippen LogP contribution in [0.4, 0.5) is 0 Å². The zero-order valence-electron chi connectivity index (χ0n) is 18.0. The molecule has 4 nitrogen and oxygen atoms in total. The van der Waals surface area contributed by atoms with E-state index in [9.17, 15) is 5.11 Å². The number of methoxy groups -OCH3 is 1. The highest BCUT2D eigenvalue weighted by atomic mass is 35.5. The van der Waals surface area contributed by atoms with Gasteiger partial charge in [0.2, 0.25) is 0 Å². The van der Waals surface area contributed by atoms with Gasteiger partial charge in [-0.15, -0.1) is 0 Å². The van der Waals surface area contributed by atoms with Crippen LogP contribution in [0.3, 0.4) is 0 Å². The maximum Gasteiger partial charge on any atom is 0.119 e. The van der Waals surface area contributed by atoms with Gasteiger partial charge in [-0.1, -0.05) is 23.7 Å². The summed E-state index contributed by atoms with van der Waals surface area (Å²) in [5.41, 5.74) is 3.58. The molecule has 2 atom stereocenters. The van der Waals surface area contributed by atoms with Gasteiger partial charge in [0, 0.05) is 53.0 Å². The number of piperidine rings is 1. The first kappa shape index (κ1) is 19.7. The summed E-state index contributed by atoms with van der Waals surface area (Å²) < 4.78 is 5.55. The number of hydrogen-bond acceptors (Lipinski definition) is 3. The third kappa shape index (κ3) is 3.11. The van der Waals surface area contributed by atoms with Crippen LogP contribution in [0.5, 0.6) is 5.75 Å². The molecule has 5 heteroatoms. The molecule has 0 radical (unpaired) electrons. The molecule has 6 rings (SSSR count). The van der Waals surface area contributed by atoms with E-state index in [2.05, 4.69) is 34.1 Å². The van der Waals surface area contributed by atoms with Crippen LogP contribution < -0.4 is 4.74 Å². The molecule has 1 saturated heterocycles. The molecular weight excluding hydrogens is 408 g/mol. The highest BCUT2D eigenvalue weighted by molar-refractivity contribution is 6.31. The van der Waals surface area contributed by atoms with Gasteiger partial charge in [0.05, 0.1) is 12.7 Å². The summed E-state index contributed by atoms with van der Waals surface area (Å²) in [5, 5.41) is 14.3. The molecule has 1 saturated carbocycles. The highest BCUT2D eigenvalue weighted by Crippen LogP contribution is 2.52. The average molecular weight is 437 g/mol. The summed E-state index contributed by atoms with van der Waals surface area (Å²) >= 11 is 6.34. The Labute approximate surface area is 188 Å². The highest BCUT2D eigenvalue weighted by Gasteiger charge is 2.57. The Morgan fingerprint density at radius 1 is 1.19 bits per heavy atom. The zero-order valence-corrected chi connectivity index (χ0v) is 18.7. The van der Waals surface area contributed by atoms with Crippen LogP contribution >= 0.6 is 11.6 Å². The SMILES string of the molecule is COc1cccc([C@@]23CCN(CC4CC4)C[C@@]2(O)Cc2c([nH]c4ccc(Cl)cc24)C3)c1. The number of aliphatic hydroxyl groups is 1. The minimum atomic E-state index is -0.836. The van der Waals surface area contributed by atoms with Crippen molar-refractivity contribution in [2.24, 2.45) is 5.92 Å². The number of fused-ring (bicyclic) bond motifs is 4. The Bertz CT molecular complexity index is 1150. The topological polar surface area (TPSA) is 48.5 Å². The van der Waals surface area contributed by atoms with Crippen molar-refractivity contribution < 1.29 is 9.84 Å². The normalized spacial score (nSPS) is 28.4. The van der Waals surface area contributed by atoms with E-state index in [1.165, 1.54) is 29.7 Å². The number of benzene rings is 2. The van der Waals surface area contributed by atoms with Gasteiger partial charge < -0.3 is 19.7 Å². The molecule has 2 fully saturated rings. The van der Waals surface area contributed by atoms with Crippen LogP contribution in [0.25, 0.3) is 10.9 Å². The van der Waals surface area contributed by atoms with Crippen LogP contribution in [-0.2, 0) is 18.3 Å². The molecule has 2 heterocycles. The van der Waals surface area contributed by atoms with Gasteiger partial charge in [-0.05, 0) is 73.2 Å². The number of H-pyrrole nitrogens is 1. The zero-order chi connectivity index (χ0) is 21.2. The van der Waals surface area contributed by atoms with Crippen molar-refractivity contribution in [3.05, 3.63) is 64.3 Å². The van der Waals surface area contributed by atoms with E-state index in [0.29, 0.717) is 13.0 Å². The predicted molar refractivity (Wildman–Crippen MR) is 124 cm³/mol. The summed E-state index contributed by atoms with van der Waals surface area (Å²) in [5.74, 6) is 1.67. The number of likely N-dealkylation sites (tertiary alicyclic amines) is 1. The molecule has 1 aliphatic heterocycles. The van der Waals surface area contributed by atoms with Crippen molar-refractivity contribution in [3.8, 4) is 5.75 Å². The van der Waals surface area contributed by atoms with Crippen molar-refractivity contribution in [3.63, 3.8) is 0 Å². The summed E-state index contributed by atoms with van der Waals surface area (Å²) in [7, 11) is 1.71. The second kappa shape index (κ2) is 6.99. The van der Waals surface area contributed by atoms with Gasteiger partial charge in [0.15, 0.2) is 0 Å². The first-order valence-electron chi connectivity index (χ1n) is 11.4. The molecule has 3 aromatic rings. The Balaban J connectivity index is 1.49. The monoisotopic (exact) mass is 436 g/mol. The molecule has 2 aromatic carbocycles. The Kier molecular flexibility index (Phi) is 4.44. The van der Waals surface area contributed by atoms with Crippen molar-refractivity contribution in [1.82, 2.24) is 9.88 Å². The van der Waals surface area contributed by atoms with Gasteiger partial charge in [-0.3, -0.25) is 0 Å². The molecular formula is C26H29ClN2O2. The fourth-order valence-electron chi connectivity index (χ4n) is 6.14. The Morgan fingerprint density at radius 2 is 2.06 bits per heavy atom. The minimum absolute atomic E-state index is 0.334. The number of β-amino-alcohol motifs (C(OH)–C–C–N with tert-alkyl or cyclic N) is 1. The molecule has 1 aromatic heterocycles. The number of hydrogen-bond donors (Lipinski definition) is 2. The van der Waals surface area contributed by atoms with Crippen LogP contribution in [-0.4, -0.2) is 47.3 Å². The standard InChI is InChI=1S/C26H29ClN2O2/c1-31-20-4-2-3-18(11-20)25-9-10-29(15-17-5-6-17)16-26(25,30)13-22-21-12-19(27)7-8-23(21)28-24(22)14-25/h2-4,7-8,11-12,17,28,30H,5-6,9-10,13-16H2,1H3/t25-,26-/m0/s1. The number of nitrogens with one attached hydrogen (secondary N) is 1. The van der Waals surface area contributed by atoms with Crippen LogP contribution in [0.2, 0.25) is 5.02 Å². The lowest BCUT2D eigenvalue weighted by atomic mass is 9.56. The van der Waals surface area contributed by atoms with E-state index in [4.69, 9.17) is 16.3 Å². The summed E-state index contributed by atoms with van der Waals surface area (Å²) in [6, 6.07) is 14.4. The second-order valence-electron chi connectivity index (χ2n) is 9.90. The van der Waals surface area contributed by atoms with E-state index in [-0.39, 0.29) is 5.41 Å². The van der Waals surface area contributed by atoms with Crippen LogP contribution in [0.1, 0.15) is 36.1 Å². The Hall–Kier alpha value is -2.01. The van der Waals surface area contributed by atoms with E-state index in [0.717, 1.165) is 53.5 Å². The predicted octanol–water partition coefficient (Wildman–Crippen LogP) is 4.71. The first-order valence-corrected chi connectivity index (χ1v) is 11.8. The molecule has 2 N–H and O–H groups in total. The summed E-state index contributed by atoms with van der Waals surface area (Å²) in [6.07, 6.45) is 5.05. The fraction of sp³-hybridized carbons (Fsp3) is 0.462. The number of nitrogens with zero attached hydrogens (tertiary/aromatic N) is 1. The number of rotatable bonds is 4. The quantitative estimate of drug-likeness (QED) is 0.622. The van der Waals surface area contributed by atoms with E-state index >= 15 is 0 Å².